The second-order valence-electron chi connectivity index (χ2n) is 2.90. The number of nitrogens with zero attached hydrogens (tertiary/aromatic N) is 1. The molecule has 3 heteroatoms. The SMILES string of the molecule is CCc1cccc2c(=O)[nH]cnc12. The minimum absolute atomic E-state index is 0.0692. The summed E-state index contributed by atoms with van der Waals surface area (Å²) in [7, 11) is 0. The minimum atomic E-state index is -0.0692. The largest absolute Gasteiger partial charge is 0.313 e. The maximum Gasteiger partial charge on any atom is 0.258 e. The lowest BCUT2D eigenvalue weighted by Gasteiger charge is -2.00. The summed E-state index contributed by atoms with van der Waals surface area (Å²) in [5, 5.41) is 0.668. The fourth-order valence-electron chi connectivity index (χ4n) is 1.45. The molecule has 0 atom stereocenters. The van der Waals surface area contributed by atoms with Gasteiger partial charge in [-0.2, -0.15) is 0 Å². The van der Waals surface area contributed by atoms with E-state index in [1.54, 1.807) is 6.07 Å². The zero-order valence-corrected chi connectivity index (χ0v) is 7.37. The van der Waals surface area contributed by atoms with Crippen LogP contribution >= 0.6 is 0 Å². The third kappa shape index (κ3) is 1.22. The molecule has 2 aromatic rings. The van der Waals surface area contributed by atoms with Gasteiger partial charge in [-0.3, -0.25) is 4.79 Å². The van der Waals surface area contributed by atoms with E-state index in [0.29, 0.717) is 5.39 Å². The number of hydrogen-bond donors (Lipinski definition) is 1. The van der Waals surface area contributed by atoms with Gasteiger partial charge in [-0.15, -0.1) is 0 Å². The number of aromatic nitrogens is 2. The summed E-state index contributed by atoms with van der Waals surface area (Å²) in [6.45, 7) is 2.05. The average molecular weight is 174 g/mol. The summed E-state index contributed by atoms with van der Waals surface area (Å²) >= 11 is 0. The zero-order chi connectivity index (χ0) is 9.26. The topological polar surface area (TPSA) is 45.8 Å². The number of rotatable bonds is 1. The highest BCUT2D eigenvalue weighted by Crippen LogP contribution is 2.12. The summed E-state index contributed by atoms with van der Waals surface area (Å²) in [6, 6.07) is 5.67. The Morgan fingerprint density at radius 3 is 3.08 bits per heavy atom. The molecule has 3 nitrogen and oxygen atoms in total. The summed E-state index contributed by atoms with van der Waals surface area (Å²) in [6.07, 6.45) is 2.34. The van der Waals surface area contributed by atoms with Gasteiger partial charge in [-0.25, -0.2) is 4.98 Å². The van der Waals surface area contributed by atoms with E-state index in [4.69, 9.17) is 0 Å². The van der Waals surface area contributed by atoms with Crippen LogP contribution in [0.4, 0.5) is 0 Å². The Kier molecular flexibility index (Phi) is 1.85. The van der Waals surface area contributed by atoms with Crippen LogP contribution in [0, 0.1) is 0 Å². The van der Waals surface area contributed by atoms with Crippen molar-refractivity contribution in [2.24, 2.45) is 0 Å². The highest BCUT2D eigenvalue weighted by molar-refractivity contribution is 5.80. The Balaban J connectivity index is 2.92. The predicted octanol–water partition coefficient (Wildman–Crippen LogP) is 1.49. The van der Waals surface area contributed by atoms with Gasteiger partial charge in [-0.05, 0) is 18.1 Å². The van der Waals surface area contributed by atoms with E-state index in [-0.39, 0.29) is 5.56 Å². The quantitative estimate of drug-likeness (QED) is 0.711. The van der Waals surface area contributed by atoms with Crippen LogP contribution in [0.15, 0.2) is 29.3 Å². The second kappa shape index (κ2) is 3.01. The molecule has 0 saturated heterocycles. The summed E-state index contributed by atoms with van der Waals surface area (Å²) < 4.78 is 0. The maximum atomic E-state index is 11.4. The second-order valence-corrected chi connectivity index (χ2v) is 2.90. The molecule has 0 unspecified atom stereocenters. The van der Waals surface area contributed by atoms with Gasteiger partial charge in [0.15, 0.2) is 0 Å². The van der Waals surface area contributed by atoms with Gasteiger partial charge in [0.05, 0.1) is 17.2 Å². The lowest BCUT2D eigenvalue weighted by molar-refractivity contribution is 1.11. The first-order chi connectivity index (χ1) is 6.33. The number of aryl methyl sites for hydroxylation is 1. The first-order valence-electron chi connectivity index (χ1n) is 4.28. The number of benzene rings is 1. The minimum Gasteiger partial charge on any atom is -0.313 e. The van der Waals surface area contributed by atoms with E-state index in [0.717, 1.165) is 17.5 Å². The highest BCUT2D eigenvalue weighted by atomic mass is 16.1. The molecule has 0 aliphatic heterocycles. The fourth-order valence-corrected chi connectivity index (χ4v) is 1.45. The molecule has 0 amide bonds. The molecule has 1 N–H and O–H groups in total. The van der Waals surface area contributed by atoms with Crippen LogP contribution in [0.1, 0.15) is 12.5 Å². The first-order valence-corrected chi connectivity index (χ1v) is 4.28. The monoisotopic (exact) mass is 174 g/mol. The molecule has 1 aromatic heterocycles. The van der Waals surface area contributed by atoms with Crippen molar-refractivity contribution >= 4 is 10.9 Å². The molecule has 2 rings (SSSR count). The van der Waals surface area contributed by atoms with Gasteiger partial charge < -0.3 is 4.98 Å². The van der Waals surface area contributed by atoms with Crippen molar-refractivity contribution < 1.29 is 0 Å². The Hall–Kier alpha value is -1.64. The smallest absolute Gasteiger partial charge is 0.258 e. The number of hydrogen-bond acceptors (Lipinski definition) is 2. The third-order valence-corrected chi connectivity index (χ3v) is 2.13. The van der Waals surface area contributed by atoms with Gasteiger partial charge in [0, 0.05) is 0 Å². The number of aromatic amines is 1. The van der Waals surface area contributed by atoms with E-state index in [9.17, 15) is 4.79 Å². The molecular weight excluding hydrogens is 164 g/mol. The molecule has 1 heterocycles. The van der Waals surface area contributed by atoms with Crippen molar-refractivity contribution in [1.82, 2.24) is 9.97 Å². The van der Waals surface area contributed by atoms with Crippen molar-refractivity contribution in [3.05, 3.63) is 40.4 Å². The molecule has 1 aromatic carbocycles. The lowest BCUT2D eigenvalue weighted by Crippen LogP contribution is -2.06. The number of fused-ring (bicyclic) bond motifs is 1. The average Bonchev–Trinajstić information content (AvgIpc) is 2.18. The van der Waals surface area contributed by atoms with Crippen LogP contribution in [0.5, 0.6) is 0 Å². The molecule has 0 saturated carbocycles. The zero-order valence-electron chi connectivity index (χ0n) is 7.37. The highest BCUT2D eigenvalue weighted by Gasteiger charge is 2.01. The van der Waals surface area contributed by atoms with Crippen LogP contribution in [0.2, 0.25) is 0 Å². The predicted molar refractivity (Wildman–Crippen MR) is 51.7 cm³/mol. The standard InChI is InChI=1S/C10H10N2O/c1-2-7-4-3-5-8-9(7)11-6-12-10(8)13/h3-6H,2H2,1H3,(H,11,12,13). The number of nitrogens with one attached hydrogen (secondary N) is 1. The Bertz CT molecular complexity index is 487. The molecule has 66 valence electrons. The molecule has 13 heavy (non-hydrogen) atoms. The van der Waals surface area contributed by atoms with Gasteiger partial charge in [0.2, 0.25) is 0 Å². The van der Waals surface area contributed by atoms with Crippen molar-refractivity contribution in [2.75, 3.05) is 0 Å². The van der Waals surface area contributed by atoms with E-state index in [2.05, 4.69) is 16.9 Å². The van der Waals surface area contributed by atoms with Gasteiger partial charge >= 0.3 is 0 Å². The van der Waals surface area contributed by atoms with Crippen molar-refractivity contribution in [2.45, 2.75) is 13.3 Å². The summed E-state index contributed by atoms with van der Waals surface area (Å²) in [4.78, 5) is 18.1. The van der Waals surface area contributed by atoms with Crippen LogP contribution in [0.25, 0.3) is 10.9 Å². The Morgan fingerprint density at radius 1 is 1.46 bits per heavy atom. The van der Waals surface area contributed by atoms with Crippen molar-refractivity contribution in [1.29, 1.82) is 0 Å². The van der Waals surface area contributed by atoms with Crippen LogP contribution < -0.4 is 5.56 Å². The van der Waals surface area contributed by atoms with Crippen molar-refractivity contribution in [3.63, 3.8) is 0 Å². The van der Waals surface area contributed by atoms with Gasteiger partial charge in [-0.1, -0.05) is 19.1 Å². The van der Waals surface area contributed by atoms with Crippen LogP contribution in [0.3, 0.4) is 0 Å². The van der Waals surface area contributed by atoms with Crippen LogP contribution in [-0.2, 0) is 6.42 Å². The molecular formula is C10H10N2O. The molecule has 0 radical (unpaired) electrons. The Morgan fingerprint density at radius 2 is 2.31 bits per heavy atom. The van der Waals surface area contributed by atoms with Crippen LogP contribution in [-0.4, -0.2) is 9.97 Å². The van der Waals surface area contributed by atoms with Gasteiger partial charge in [0.25, 0.3) is 5.56 Å². The van der Waals surface area contributed by atoms with E-state index in [1.165, 1.54) is 6.33 Å². The molecule has 0 aliphatic carbocycles. The van der Waals surface area contributed by atoms with E-state index < -0.39 is 0 Å². The summed E-state index contributed by atoms with van der Waals surface area (Å²) in [5.74, 6) is 0. The van der Waals surface area contributed by atoms with Crippen molar-refractivity contribution in [3.8, 4) is 0 Å². The van der Waals surface area contributed by atoms with E-state index >= 15 is 0 Å². The number of H-pyrrole nitrogens is 1. The maximum absolute atomic E-state index is 11.4. The van der Waals surface area contributed by atoms with Gasteiger partial charge in [0.1, 0.15) is 0 Å². The number of para-hydroxylation sites is 1. The first kappa shape index (κ1) is 7.98. The normalized spacial score (nSPS) is 10.5. The summed E-state index contributed by atoms with van der Waals surface area (Å²) in [5.41, 5.74) is 1.86. The fraction of sp³-hybridized carbons (Fsp3) is 0.200. The third-order valence-electron chi connectivity index (χ3n) is 2.13. The molecule has 0 aliphatic rings. The molecule has 0 spiro atoms. The molecule has 0 fully saturated rings. The lowest BCUT2D eigenvalue weighted by atomic mass is 10.1. The molecule has 0 bridgehead atoms. The van der Waals surface area contributed by atoms with E-state index in [1.807, 2.05) is 12.1 Å². The Labute approximate surface area is 75.4 Å².